The van der Waals surface area contributed by atoms with Crippen molar-refractivity contribution in [1.29, 1.82) is 0 Å². The fourth-order valence-electron chi connectivity index (χ4n) is 2.00. The molecule has 0 atom stereocenters. The van der Waals surface area contributed by atoms with Crippen molar-refractivity contribution in [2.75, 3.05) is 0 Å². The zero-order valence-electron chi connectivity index (χ0n) is 10.0. The average molecular weight is 319 g/mol. The molecular formula is C13H11BrN4O. The number of hydrogen-bond acceptors (Lipinski definition) is 3. The van der Waals surface area contributed by atoms with E-state index in [-0.39, 0.29) is 5.69 Å². The topological polar surface area (TPSA) is 63.6 Å². The van der Waals surface area contributed by atoms with E-state index in [1.807, 2.05) is 22.8 Å². The Morgan fingerprint density at radius 3 is 2.84 bits per heavy atom. The van der Waals surface area contributed by atoms with Gasteiger partial charge in [0, 0.05) is 6.54 Å². The summed E-state index contributed by atoms with van der Waals surface area (Å²) in [6, 6.07) is 10.2. The second-order valence-corrected chi connectivity index (χ2v) is 4.99. The molecule has 1 aromatic carbocycles. The number of hydrogen-bond donors (Lipinski definition) is 1. The van der Waals surface area contributed by atoms with Crippen LogP contribution < -0.4 is 5.69 Å². The number of H-pyrrole nitrogens is 1. The molecule has 96 valence electrons. The van der Waals surface area contributed by atoms with Crippen molar-refractivity contribution < 1.29 is 0 Å². The van der Waals surface area contributed by atoms with E-state index in [2.05, 4.69) is 43.0 Å². The Hall–Kier alpha value is -1.95. The van der Waals surface area contributed by atoms with E-state index in [1.54, 1.807) is 6.20 Å². The highest BCUT2D eigenvalue weighted by molar-refractivity contribution is 9.10. The Morgan fingerprint density at radius 1 is 1.26 bits per heavy atom. The van der Waals surface area contributed by atoms with Gasteiger partial charge in [-0.2, -0.15) is 4.98 Å². The molecule has 6 heteroatoms. The second-order valence-electron chi connectivity index (χ2n) is 4.18. The molecule has 0 bridgehead atoms. The van der Waals surface area contributed by atoms with Gasteiger partial charge in [0.15, 0.2) is 11.6 Å². The van der Waals surface area contributed by atoms with Gasteiger partial charge < -0.3 is 4.57 Å². The summed E-state index contributed by atoms with van der Waals surface area (Å²) in [5, 5.41) is 0. The van der Waals surface area contributed by atoms with Gasteiger partial charge >= 0.3 is 5.69 Å². The lowest BCUT2D eigenvalue weighted by molar-refractivity contribution is 0.668. The smallest absolute Gasteiger partial charge is 0.316 e. The molecule has 0 unspecified atom stereocenters. The van der Waals surface area contributed by atoms with Crippen molar-refractivity contribution in [3.8, 4) is 11.6 Å². The highest BCUT2D eigenvalue weighted by Gasteiger charge is 2.15. The molecule has 1 N–H and O–H groups in total. The first-order valence-electron chi connectivity index (χ1n) is 5.89. The van der Waals surface area contributed by atoms with Gasteiger partial charge in [-0.1, -0.05) is 30.3 Å². The van der Waals surface area contributed by atoms with Crippen molar-refractivity contribution in [3.05, 3.63) is 57.2 Å². The first-order chi connectivity index (χ1) is 9.24. The summed E-state index contributed by atoms with van der Waals surface area (Å²) < 4.78 is 2.75. The predicted octanol–water partition coefficient (Wildman–Crippen LogP) is 2.08. The molecule has 2 heterocycles. The molecule has 1 aromatic rings. The number of aryl methyl sites for hydroxylation is 1. The van der Waals surface area contributed by atoms with Gasteiger partial charge in [0.05, 0.1) is 6.20 Å². The maximum atomic E-state index is 11.3. The normalized spacial score (nSPS) is 11.0. The minimum atomic E-state index is -0.367. The van der Waals surface area contributed by atoms with Crippen LogP contribution >= 0.6 is 15.9 Å². The van der Waals surface area contributed by atoms with Gasteiger partial charge in [0.2, 0.25) is 0 Å². The van der Waals surface area contributed by atoms with Crippen LogP contribution in [-0.4, -0.2) is 19.5 Å². The van der Waals surface area contributed by atoms with Crippen molar-refractivity contribution in [2.24, 2.45) is 0 Å². The van der Waals surface area contributed by atoms with Crippen LogP contribution in [0.1, 0.15) is 5.56 Å². The van der Waals surface area contributed by atoms with E-state index in [4.69, 9.17) is 0 Å². The molecule has 0 fully saturated rings. The fraction of sp³-hybridized carbons (Fsp3) is 0.154. The van der Waals surface area contributed by atoms with E-state index in [1.165, 1.54) is 5.56 Å². The van der Waals surface area contributed by atoms with Gasteiger partial charge in [-0.15, -0.1) is 0 Å². The summed E-state index contributed by atoms with van der Waals surface area (Å²) in [4.78, 5) is 22.0. The van der Waals surface area contributed by atoms with Crippen molar-refractivity contribution >= 4 is 15.9 Å². The molecule has 0 saturated carbocycles. The summed E-state index contributed by atoms with van der Waals surface area (Å²) in [5.74, 6) is 1.09. The molecule has 0 aliphatic carbocycles. The van der Waals surface area contributed by atoms with Crippen LogP contribution in [0.3, 0.4) is 0 Å². The number of aromatic nitrogens is 4. The summed E-state index contributed by atoms with van der Waals surface area (Å²) in [6.07, 6.45) is 2.54. The quantitative estimate of drug-likeness (QED) is 0.804. The lowest BCUT2D eigenvalue weighted by Gasteiger charge is -2.12. The first kappa shape index (κ1) is 12.1. The molecule has 5 nitrogen and oxygen atoms in total. The van der Waals surface area contributed by atoms with Crippen molar-refractivity contribution in [2.45, 2.75) is 13.0 Å². The Labute approximate surface area is 117 Å². The highest BCUT2D eigenvalue weighted by Crippen LogP contribution is 2.19. The minimum Gasteiger partial charge on any atom is -0.316 e. The molecule has 2 aliphatic heterocycles. The van der Waals surface area contributed by atoms with Crippen LogP contribution in [0.25, 0.3) is 11.6 Å². The summed E-state index contributed by atoms with van der Waals surface area (Å²) >= 11 is 3.44. The standard InChI is InChI=1S/C13H11BrN4O/c14-10-8-15-11-12(17-13(19)16-11)18(10)7-6-9-4-2-1-3-5-9/h1-5,8H,6-7H2,(H,15,16,19). The van der Waals surface area contributed by atoms with Crippen LogP contribution in [-0.2, 0) is 13.0 Å². The number of halogens is 1. The molecule has 3 rings (SSSR count). The average Bonchev–Trinajstić information content (AvgIpc) is 2.79. The van der Waals surface area contributed by atoms with Crippen LogP contribution in [0.15, 0.2) is 45.9 Å². The third-order valence-electron chi connectivity index (χ3n) is 2.93. The Bertz CT molecular complexity index is 719. The lowest BCUT2D eigenvalue weighted by atomic mass is 10.1. The van der Waals surface area contributed by atoms with Crippen molar-refractivity contribution in [1.82, 2.24) is 19.5 Å². The minimum absolute atomic E-state index is 0.367. The van der Waals surface area contributed by atoms with Gasteiger partial charge in [-0.25, -0.2) is 9.78 Å². The number of nitrogens with one attached hydrogen (secondary N) is 1. The highest BCUT2D eigenvalue weighted by atomic mass is 79.9. The maximum Gasteiger partial charge on any atom is 0.348 e. The number of imidazole rings is 1. The van der Waals surface area contributed by atoms with Crippen LogP contribution in [0.5, 0.6) is 0 Å². The van der Waals surface area contributed by atoms with Crippen molar-refractivity contribution in [3.63, 3.8) is 0 Å². The summed E-state index contributed by atoms with van der Waals surface area (Å²) in [5.41, 5.74) is 0.874. The Kier molecular flexibility index (Phi) is 3.16. The largest absolute Gasteiger partial charge is 0.348 e. The van der Waals surface area contributed by atoms with Crippen LogP contribution in [0, 0.1) is 0 Å². The van der Waals surface area contributed by atoms with E-state index in [0.29, 0.717) is 11.6 Å². The molecule has 0 aromatic heterocycles. The molecule has 0 amide bonds. The number of nitrogens with zero attached hydrogens (tertiary/aromatic N) is 3. The number of benzene rings is 1. The molecule has 0 spiro atoms. The molecule has 19 heavy (non-hydrogen) atoms. The van der Waals surface area contributed by atoms with Crippen LogP contribution in [0.2, 0.25) is 0 Å². The van der Waals surface area contributed by atoms with Gasteiger partial charge in [-0.05, 0) is 27.9 Å². The predicted molar refractivity (Wildman–Crippen MR) is 75.1 cm³/mol. The number of rotatable bonds is 3. The first-order valence-corrected chi connectivity index (χ1v) is 6.68. The number of aromatic amines is 1. The molecule has 0 radical (unpaired) electrons. The number of fused-ring (bicyclic) bond motifs is 1. The maximum absolute atomic E-state index is 11.3. The SMILES string of the molecule is O=c1nc2n(CCc3ccccc3)c(Br)cnc-2[nH]1. The van der Waals surface area contributed by atoms with E-state index in [9.17, 15) is 4.79 Å². The molecule has 0 saturated heterocycles. The monoisotopic (exact) mass is 318 g/mol. The van der Waals surface area contributed by atoms with Gasteiger partial charge in [-0.3, -0.25) is 4.98 Å². The molecular weight excluding hydrogens is 308 g/mol. The lowest BCUT2D eigenvalue weighted by Crippen LogP contribution is -2.09. The van der Waals surface area contributed by atoms with Gasteiger partial charge in [0.25, 0.3) is 0 Å². The van der Waals surface area contributed by atoms with E-state index < -0.39 is 0 Å². The summed E-state index contributed by atoms with van der Waals surface area (Å²) in [7, 11) is 0. The zero-order chi connectivity index (χ0) is 13.2. The Morgan fingerprint density at radius 2 is 2.05 bits per heavy atom. The third kappa shape index (κ3) is 2.44. The summed E-state index contributed by atoms with van der Waals surface area (Å²) in [6.45, 7) is 0.730. The second kappa shape index (κ2) is 4.97. The van der Waals surface area contributed by atoms with Gasteiger partial charge in [0.1, 0.15) is 4.60 Å². The van der Waals surface area contributed by atoms with Crippen LogP contribution in [0.4, 0.5) is 0 Å². The van der Waals surface area contributed by atoms with E-state index >= 15 is 0 Å². The van der Waals surface area contributed by atoms with E-state index in [0.717, 1.165) is 17.6 Å². The molecule has 2 aliphatic rings. The zero-order valence-corrected chi connectivity index (χ0v) is 11.6. The third-order valence-corrected chi connectivity index (χ3v) is 3.56. The fourth-order valence-corrected chi connectivity index (χ4v) is 2.45. The Balaban J connectivity index is 1.93.